The summed E-state index contributed by atoms with van der Waals surface area (Å²) in [6.45, 7) is 3.11. The SMILES string of the molecule is CN1CCC2NCCCC(=O)C2C1. The summed E-state index contributed by atoms with van der Waals surface area (Å²) in [4.78, 5) is 14.0. The van der Waals surface area contributed by atoms with Crippen LogP contribution in [0.2, 0.25) is 0 Å². The first-order chi connectivity index (χ1) is 6.27. The van der Waals surface area contributed by atoms with Crippen molar-refractivity contribution in [2.24, 2.45) is 5.92 Å². The van der Waals surface area contributed by atoms with Gasteiger partial charge in [-0.25, -0.2) is 0 Å². The van der Waals surface area contributed by atoms with Crippen LogP contribution in [0.4, 0.5) is 0 Å². The smallest absolute Gasteiger partial charge is 0.138 e. The highest BCUT2D eigenvalue weighted by Crippen LogP contribution is 2.21. The average Bonchev–Trinajstić information content (AvgIpc) is 2.29. The summed E-state index contributed by atoms with van der Waals surface area (Å²) in [6.07, 6.45) is 2.93. The molecule has 0 aliphatic carbocycles. The molecule has 3 nitrogen and oxygen atoms in total. The molecule has 2 aliphatic heterocycles. The first kappa shape index (κ1) is 9.16. The second-order valence-corrected chi connectivity index (χ2v) is 4.29. The number of fused-ring (bicyclic) bond motifs is 1. The van der Waals surface area contributed by atoms with E-state index in [1.165, 1.54) is 0 Å². The Morgan fingerprint density at radius 1 is 1.54 bits per heavy atom. The monoisotopic (exact) mass is 182 g/mol. The maximum Gasteiger partial charge on any atom is 0.138 e. The molecular weight excluding hydrogens is 164 g/mol. The minimum Gasteiger partial charge on any atom is -0.313 e. The summed E-state index contributed by atoms with van der Waals surface area (Å²) >= 11 is 0. The maximum absolute atomic E-state index is 11.7. The predicted molar refractivity (Wildman–Crippen MR) is 51.6 cm³/mol. The van der Waals surface area contributed by atoms with Gasteiger partial charge in [-0.1, -0.05) is 0 Å². The normalized spacial score (nSPS) is 36.8. The highest BCUT2D eigenvalue weighted by Gasteiger charge is 2.33. The number of hydrogen-bond donors (Lipinski definition) is 1. The highest BCUT2D eigenvalue weighted by molar-refractivity contribution is 5.82. The molecule has 2 aliphatic rings. The molecule has 0 radical (unpaired) electrons. The minimum absolute atomic E-state index is 0.265. The lowest BCUT2D eigenvalue weighted by Gasteiger charge is -2.35. The number of piperidine rings is 1. The summed E-state index contributed by atoms with van der Waals surface area (Å²) in [5.41, 5.74) is 0. The van der Waals surface area contributed by atoms with Gasteiger partial charge in [0.05, 0.1) is 0 Å². The lowest BCUT2D eigenvalue weighted by Crippen LogP contribution is -2.49. The van der Waals surface area contributed by atoms with E-state index in [2.05, 4.69) is 17.3 Å². The van der Waals surface area contributed by atoms with Crippen LogP contribution in [0.5, 0.6) is 0 Å². The molecule has 3 heteroatoms. The summed E-state index contributed by atoms with van der Waals surface area (Å²) in [5.74, 6) is 0.739. The molecule has 2 fully saturated rings. The van der Waals surface area contributed by atoms with Crippen LogP contribution in [-0.4, -0.2) is 43.4 Å². The van der Waals surface area contributed by atoms with Crippen molar-refractivity contribution in [3.8, 4) is 0 Å². The van der Waals surface area contributed by atoms with Crippen LogP contribution in [0, 0.1) is 5.92 Å². The van der Waals surface area contributed by atoms with Crippen molar-refractivity contribution >= 4 is 5.78 Å². The van der Waals surface area contributed by atoms with Crippen LogP contribution in [0.15, 0.2) is 0 Å². The molecule has 0 bridgehead atoms. The second kappa shape index (κ2) is 3.76. The molecule has 0 saturated carbocycles. The Balaban J connectivity index is 2.07. The highest BCUT2D eigenvalue weighted by atomic mass is 16.1. The third-order valence-electron chi connectivity index (χ3n) is 3.24. The van der Waals surface area contributed by atoms with Gasteiger partial charge in [0.2, 0.25) is 0 Å². The molecule has 0 aromatic rings. The van der Waals surface area contributed by atoms with Crippen molar-refractivity contribution in [1.82, 2.24) is 10.2 Å². The van der Waals surface area contributed by atoms with E-state index in [4.69, 9.17) is 0 Å². The first-order valence-electron chi connectivity index (χ1n) is 5.22. The molecule has 0 aromatic carbocycles. The van der Waals surface area contributed by atoms with Crippen molar-refractivity contribution in [2.45, 2.75) is 25.3 Å². The van der Waals surface area contributed by atoms with E-state index < -0.39 is 0 Å². The zero-order valence-corrected chi connectivity index (χ0v) is 8.25. The Labute approximate surface area is 79.5 Å². The van der Waals surface area contributed by atoms with E-state index in [1.54, 1.807) is 0 Å². The Morgan fingerprint density at radius 2 is 2.38 bits per heavy atom. The second-order valence-electron chi connectivity index (χ2n) is 4.29. The standard InChI is InChI=1S/C10H18N2O/c1-12-6-4-9-8(7-12)10(13)3-2-5-11-9/h8-9,11H,2-7H2,1H3. The zero-order valence-electron chi connectivity index (χ0n) is 8.25. The Hall–Kier alpha value is -0.410. The Morgan fingerprint density at radius 3 is 3.23 bits per heavy atom. The summed E-state index contributed by atoms with van der Waals surface area (Å²) in [7, 11) is 2.11. The number of nitrogens with one attached hydrogen (secondary N) is 1. The number of carbonyl (C=O) groups excluding carboxylic acids is 1. The quantitative estimate of drug-likeness (QED) is 0.583. The fourth-order valence-corrected chi connectivity index (χ4v) is 2.42. The molecule has 2 saturated heterocycles. The van der Waals surface area contributed by atoms with Gasteiger partial charge in [-0.05, 0) is 33.0 Å². The number of ketones is 1. The van der Waals surface area contributed by atoms with E-state index in [9.17, 15) is 4.79 Å². The molecule has 0 aromatic heterocycles. The zero-order chi connectivity index (χ0) is 9.26. The fraction of sp³-hybridized carbons (Fsp3) is 0.900. The van der Waals surface area contributed by atoms with Gasteiger partial charge in [0.15, 0.2) is 0 Å². The molecule has 2 heterocycles. The van der Waals surface area contributed by atoms with E-state index in [-0.39, 0.29) is 5.92 Å². The topological polar surface area (TPSA) is 32.3 Å². The summed E-state index contributed by atoms with van der Waals surface area (Å²) in [6, 6.07) is 0.464. The minimum atomic E-state index is 0.265. The van der Waals surface area contributed by atoms with Crippen molar-refractivity contribution in [3.63, 3.8) is 0 Å². The summed E-state index contributed by atoms with van der Waals surface area (Å²) in [5, 5.41) is 3.49. The van der Waals surface area contributed by atoms with E-state index in [0.29, 0.717) is 11.8 Å². The van der Waals surface area contributed by atoms with E-state index >= 15 is 0 Å². The third-order valence-corrected chi connectivity index (χ3v) is 3.24. The van der Waals surface area contributed by atoms with Gasteiger partial charge in [-0.3, -0.25) is 4.79 Å². The third kappa shape index (κ3) is 1.92. The molecule has 13 heavy (non-hydrogen) atoms. The number of carbonyl (C=O) groups is 1. The molecule has 2 rings (SSSR count). The number of rotatable bonds is 0. The van der Waals surface area contributed by atoms with Gasteiger partial charge in [-0.2, -0.15) is 0 Å². The van der Waals surface area contributed by atoms with Gasteiger partial charge >= 0.3 is 0 Å². The Kier molecular flexibility index (Phi) is 2.65. The van der Waals surface area contributed by atoms with Gasteiger partial charge in [0.1, 0.15) is 5.78 Å². The lowest BCUT2D eigenvalue weighted by atomic mass is 9.88. The largest absolute Gasteiger partial charge is 0.313 e. The lowest BCUT2D eigenvalue weighted by molar-refractivity contribution is -0.124. The van der Waals surface area contributed by atoms with E-state index in [1.807, 2.05) is 0 Å². The molecular formula is C10H18N2O. The van der Waals surface area contributed by atoms with Crippen molar-refractivity contribution in [3.05, 3.63) is 0 Å². The molecule has 2 atom stereocenters. The molecule has 0 amide bonds. The van der Waals surface area contributed by atoms with Gasteiger partial charge in [-0.15, -0.1) is 0 Å². The van der Waals surface area contributed by atoms with Crippen molar-refractivity contribution < 1.29 is 4.79 Å². The average molecular weight is 182 g/mol. The van der Waals surface area contributed by atoms with Crippen LogP contribution in [0.25, 0.3) is 0 Å². The number of hydrogen-bond acceptors (Lipinski definition) is 3. The molecule has 74 valence electrons. The predicted octanol–water partition coefficient (Wildman–Crippen LogP) is 0.259. The van der Waals surface area contributed by atoms with E-state index in [0.717, 1.165) is 38.9 Å². The van der Waals surface area contributed by atoms with Crippen molar-refractivity contribution in [1.29, 1.82) is 0 Å². The fourth-order valence-electron chi connectivity index (χ4n) is 2.42. The number of likely N-dealkylation sites (tertiary alicyclic amines) is 1. The van der Waals surface area contributed by atoms with Gasteiger partial charge < -0.3 is 10.2 Å². The molecule has 2 unspecified atom stereocenters. The molecule has 0 spiro atoms. The molecule has 1 N–H and O–H groups in total. The maximum atomic E-state index is 11.7. The van der Waals surface area contributed by atoms with Crippen LogP contribution < -0.4 is 5.32 Å². The van der Waals surface area contributed by atoms with Crippen LogP contribution in [-0.2, 0) is 4.79 Å². The first-order valence-corrected chi connectivity index (χ1v) is 5.22. The van der Waals surface area contributed by atoms with Gasteiger partial charge in [0.25, 0.3) is 0 Å². The van der Waals surface area contributed by atoms with Crippen LogP contribution >= 0.6 is 0 Å². The Bertz CT molecular complexity index is 205. The van der Waals surface area contributed by atoms with Crippen molar-refractivity contribution in [2.75, 3.05) is 26.7 Å². The van der Waals surface area contributed by atoms with Crippen LogP contribution in [0.3, 0.4) is 0 Å². The number of Topliss-reactive ketones (excluding diaryl/α,β-unsaturated/α-hetero) is 1. The van der Waals surface area contributed by atoms with Crippen LogP contribution in [0.1, 0.15) is 19.3 Å². The summed E-state index contributed by atoms with van der Waals surface area (Å²) < 4.78 is 0. The van der Waals surface area contributed by atoms with Gasteiger partial charge in [0, 0.05) is 24.9 Å². The number of nitrogens with zero attached hydrogens (tertiary/aromatic N) is 1.